The summed E-state index contributed by atoms with van der Waals surface area (Å²) in [6, 6.07) is 12.2. The summed E-state index contributed by atoms with van der Waals surface area (Å²) in [6.45, 7) is 3.90. The highest BCUT2D eigenvalue weighted by Gasteiger charge is 2.05. The van der Waals surface area contributed by atoms with E-state index in [0.717, 1.165) is 16.8 Å². The van der Waals surface area contributed by atoms with Crippen LogP contribution >= 0.6 is 0 Å². The second-order valence-corrected chi connectivity index (χ2v) is 4.12. The largest absolute Gasteiger partial charge is 0.439 e. The standard InChI is InChI=1S/C14H12N2O/c1-9-3-5-11(6-4-9)12-7-8-13-14(16-12)15-10(2)17-13/h3-8H,1-2H3. The Bertz CT molecular complexity index is 668. The number of nitrogens with zero attached hydrogens (tertiary/aromatic N) is 2. The molecule has 0 atom stereocenters. The predicted molar refractivity (Wildman–Crippen MR) is 66.7 cm³/mol. The summed E-state index contributed by atoms with van der Waals surface area (Å²) in [4.78, 5) is 8.73. The Labute approximate surface area is 99.1 Å². The molecule has 3 nitrogen and oxygen atoms in total. The zero-order valence-electron chi connectivity index (χ0n) is 9.77. The average Bonchev–Trinajstić information content (AvgIpc) is 2.69. The van der Waals surface area contributed by atoms with Crippen LogP contribution in [0.5, 0.6) is 0 Å². The van der Waals surface area contributed by atoms with Gasteiger partial charge in [0.2, 0.25) is 0 Å². The molecule has 0 aliphatic carbocycles. The first-order valence-electron chi connectivity index (χ1n) is 5.53. The van der Waals surface area contributed by atoms with Gasteiger partial charge in [0.1, 0.15) is 0 Å². The van der Waals surface area contributed by atoms with Crippen LogP contribution in [-0.4, -0.2) is 9.97 Å². The van der Waals surface area contributed by atoms with Crippen molar-refractivity contribution in [1.82, 2.24) is 9.97 Å². The molecule has 0 spiro atoms. The first-order chi connectivity index (χ1) is 8.22. The van der Waals surface area contributed by atoms with Crippen LogP contribution in [0.4, 0.5) is 0 Å². The van der Waals surface area contributed by atoms with Gasteiger partial charge in [-0.05, 0) is 19.1 Å². The summed E-state index contributed by atoms with van der Waals surface area (Å²) in [6.07, 6.45) is 0. The second kappa shape index (κ2) is 3.70. The molecule has 1 aromatic carbocycles. The van der Waals surface area contributed by atoms with Crippen molar-refractivity contribution in [2.45, 2.75) is 13.8 Å². The molecule has 3 rings (SSSR count). The molecule has 0 aliphatic rings. The first-order valence-corrected chi connectivity index (χ1v) is 5.53. The SMILES string of the molecule is Cc1ccc(-c2ccc3oc(C)nc3n2)cc1. The number of aromatic nitrogens is 2. The molecule has 2 aromatic heterocycles. The fraction of sp³-hybridized carbons (Fsp3) is 0.143. The summed E-state index contributed by atoms with van der Waals surface area (Å²) in [5.74, 6) is 0.647. The van der Waals surface area contributed by atoms with E-state index >= 15 is 0 Å². The predicted octanol–water partition coefficient (Wildman–Crippen LogP) is 3.51. The van der Waals surface area contributed by atoms with Crippen molar-refractivity contribution in [3.8, 4) is 11.3 Å². The quantitative estimate of drug-likeness (QED) is 0.635. The molecule has 0 N–H and O–H groups in total. The molecule has 0 bridgehead atoms. The number of rotatable bonds is 1. The summed E-state index contributed by atoms with van der Waals surface area (Å²) in [7, 11) is 0. The molecule has 0 amide bonds. The smallest absolute Gasteiger partial charge is 0.199 e. The van der Waals surface area contributed by atoms with Crippen molar-refractivity contribution in [3.05, 3.63) is 47.9 Å². The molecule has 0 fully saturated rings. The fourth-order valence-corrected chi connectivity index (χ4v) is 1.81. The molecule has 3 aromatic rings. The number of aryl methyl sites for hydroxylation is 2. The van der Waals surface area contributed by atoms with Gasteiger partial charge >= 0.3 is 0 Å². The van der Waals surface area contributed by atoms with E-state index in [4.69, 9.17) is 4.42 Å². The van der Waals surface area contributed by atoms with Gasteiger partial charge in [0.15, 0.2) is 17.1 Å². The zero-order valence-corrected chi connectivity index (χ0v) is 9.77. The third kappa shape index (κ3) is 1.80. The Morgan fingerprint density at radius 3 is 2.41 bits per heavy atom. The van der Waals surface area contributed by atoms with Crippen molar-refractivity contribution >= 4 is 11.2 Å². The Balaban J connectivity index is 2.13. The number of hydrogen-bond donors (Lipinski definition) is 0. The number of hydrogen-bond acceptors (Lipinski definition) is 3. The molecule has 0 aliphatic heterocycles. The lowest BCUT2D eigenvalue weighted by atomic mass is 10.1. The molecular weight excluding hydrogens is 212 g/mol. The molecule has 2 heterocycles. The van der Waals surface area contributed by atoms with Crippen molar-refractivity contribution in [2.24, 2.45) is 0 Å². The van der Waals surface area contributed by atoms with Gasteiger partial charge in [-0.25, -0.2) is 4.98 Å². The van der Waals surface area contributed by atoms with Crippen LogP contribution in [-0.2, 0) is 0 Å². The van der Waals surface area contributed by atoms with Gasteiger partial charge in [-0.3, -0.25) is 0 Å². The molecule has 84 valence electrons. The van der Waals surface area contributed by atoms with Gasteiger partial charge < -0.3 is 4.42 Å². The van der Waals surface area contributed by atoms with Gasteiger partial charge in [-0.15, -0.1) is 0 Å². The first kappa shape index (κ1) is 10.0. The van der Waals surface area contributed by atoms with Gasteiger partial charge in [0.25, 0.3) is 0 Å². The number of pyridine rings is 1. The second-order valence-electron chi connectivity index (χ2n) is 4.12. The van der Waals surface area contributed by atoms with Gasteiger partial charge in [-0.2, -0.15) is 4.98 Å². The highest BCUT2D eigenvalue weighted by molar-refractivity contribution is 5.73. The molecule has 0 saturated carbocycles. The molecule has 3 heteroatoms. The molecule has 17 heavy (non-hydrogen) atoms. The van der Waals surface area contributed by atoms with E-state index in [1.807, 2.05) is 19.1 Å². The van der Waals surface area contributed by atoms with Crippen molar-refractivity contribution in [3.63, 3.8) is 0 Å². The minimum absolute atomic E-state index is 0.647. The number of oxazole rings is 1. The molecule has 0 radical (unpaired) electrons. The van der Waals surface area contributed by atoms with Crippen LogP contribution in [0.3, 0.4) is 0 Å². The normalized spacial score (nSPS) is 10.9. The van der Waals surface area contributed by atoms with Crippen molar-refractivity contribution in [1.29, 1.82) is 0 Å². The number of benzene rings is 1. The Morgan fingerprint density at radius 2 is 1.65 bits per heavy atom. The highest BCUT2D eigenvalue weighted by atomic mass is 16.3. The summed E-state index contributed by atoms with van der Waals surface area (Å²) in [5, 5.41) is 0. The molecule has 0 unspecified atom stereocenters. The number of fused-ring (bicyclic) bond motifs is 1. The van der Waals surface area contributed by atoms with Gasteiger partial charge in [0.05, 0.1) is 5.69 Å². The lowest BCUT2D eigenvalue weighted by Crippen LogP contribution is -1.84. The zero-order chi connectivity index (χ0) is 11.8. The van der Waals surface area contributed by atoms with Gasteiger partial charge in [0, 0.05) is 12.5 Å². The van der Waals surface area contributed by atoms with Crippen LogP contribution in [0.2, 0.25) is 0 Å². The van der Waals surface area contributed by atoms with E-state index in [0.29, 0.717) is 11.5 Å². The van der Waals surface area contributed by atoms with Gasteiger partial charge in [-0.1, -0.05) is 29.8 Å². The molecular formula is C14H12N2O. The third-order valence-electron chi connectivity index (χ3n) is 2.71. The lowest BCUT2D eigenvalue weighted by molar-refractivity contribution is 0.561. The maximum absolute atomic E-state index is 5.40. The van der Waals surface area contributed by atoms with Crippen molar-refractivity contribution in [2.75, 3.05) is 0 Å². The maximum Gasteiger partial charge on any atom is 0.199 e. The van der Waals surface area contributed by atoms with E-state index in [2.05, 4.69) is 41.2 Å². The fourth-order valence-electron chi connectivity index (χ4n) is 1.81. The van der Waals surface area contributed by atoms with E-state index in [1.165, 1.54) is 5.56 Å². The van der Waals surface area contributed by atoms with E-state index in [9.17, 15) is 0 Å². The Hall–Kier alpha value is -2.16. The summed E-state index contributed by atoms with van der Waals surface area (Å²) < 4.78 is 5.40. The third-order valence-corrected chi connectivity index (χ3v) is 2.71. The van der Waals surface area contributed by atoms with Crippen LogP contribution in [0.25, 0.3) is 22.5 Å². The Morgan fingerprint density at radius 1 is 0.882 bits per heavy atom. The minimum Gasteiger partial charge on any atom is -0.439 e. The molecule has 0 saturated heterocycles. The summed E-state index contributed by atoms with van der Waals surface area (Å²) >= 11 is 0. The average molecular weight is 224 g/mol. The van der Waals surface area contributed by atoms with E-state index in [1.54, 1.807) is 0 Å². The van der Waals surface area contributed by atoms with Crippen LogP contribution < -0.4 is 0 Å². The van der Waals surface area contributed by atoms with E-state index in [-0.39, 0.29) is 0 Å². The summed E-state index contributed by atoms with van der Waals surface area (Å²) in [5.41, 5.74) is 4.66. The minimum atomic E-state index is 0.647. The van der Waals surface area contributed by atoms with Crippen LogP contribution in [0.15, 0.2) is 40.8 Å². The highest BCUT2D eigenvalue weighted by Crippen LogP contribution is 2.21. The van der Waals surface area contributed by atoms with Crippen LogP contribution in [0.1, 0.15) is 11.5 Å². The monoisotopic (exact) mass is 224 g/mol. The topological polar surface area (TPSA) is 38.9 Å². The van der Waals surface area contributed by atoms with Crippen molar-refractivity contribution < 1.29 is 4.42 Å². The maximum atomic E-state index is 5.40. The van der Waals surface area contributed by atoms with E-state index < -0.39 is 0 Å². The Kier molecular flexibility index (Phi) is 2.18. The lowest BCUT2D eigenvalue weighted by Gasteiger charge is -2.00. The van der Waals surface area contributed by atoms with Crippen LogP contribution in [0, 0.1) is 13.8 Å².